The third-order valence-electron chi connectivity index (χ3n) is 6.76. The van der Waals surface area contributed by atoms with Gasteiger partial charge in [0.25, 0.3) is 0 Å². The number of nitrogens with one attached hydrogen (secondary N) is 1. The summed E-state index contributed by atoms with van der Waals surface area (Å²) in [5.74, 6) is 2.67. The Morgan fingerprint density at radius 1 is 1.09 bits per heavy atom. The van der Waals surface area contributed by atoms with Crippen molar-refractivity contribution < 1.29 is 9.26 Å². The van der Waals surface area contributed by atoms with Gasteiger partial charge in [-0.25, -0.2) is 9.97 Å². The zero-order valence-corrected chi connectivity index (χ0v) is 19.4. The molecule has 1 aliphatic heterocycles. The Balaban J connectivity index is 1.28. The number of anilines is 2. The van der Waals surface area contributed by atoms with Gasteiger partial charge in [-0.15, -0.1) is 0 Å². The maximum absolute atomic E-state index is 5.98. The number of nitrogens with zero attached hydrogens (tertiary/aromatic N) is 4. The summed E-state index contributed by atoms with van der Waals surface area (Å²) in [5.41, 5.74) is 3.82. The van der Waals surface area contributed by atoms with Gasteiger partial charge in [-0.05, 0) is 63.9 Å². The van der Waals surface area contributed by atoms with E-state index in [1.54, 1.807) is 6.20 Å². The van der Waals surface area contributed by atoms with E-state index >= 15 is 0 Å². The second-order valence-electron chi connectivity index (χ2n) is 9.15. The van der Waals surface area contributed by atoms with Crippen LogP contribution in [-0.2, 0) is 0 Å². The van der Waals surface area contributed by atoms with Crippen LogP contribution in [0.25, 0.3) is 11.3 Å². The van der Waals surface area contributed by atoms with Gasteiger partial charge in [0.1, 0.15) is 18.1 Å². The summed E-state index contributed by atoms with van der Waals surface area (Å²) in [6.45, 7) is 6.02. The second kappa shape index (κ2) is 10.3. The smallest absolute Gasteiger partial charge is 0.227 e. The number of hydrogen-bond acceptors (Lipinski definition) is 7. The van der Waals surface area contributed by atoms with Gasteiger partial charge in [0.2, 0.25) is 5.95 Å². The van der Waals surface area contributed by atoms with Crippen LogP contribution in [0.15, 0.2) is 41.1 Å². The largest absolute Gasteiger partial charge is 0.492 e. The van der Waals surface area contributed by atoms with Crippen molar-refractivity contribution in [1.29, 1.82) is 0 Å². The lowest BCUT2D eigenvalue weighted by molar-refractivity contribution is 0.238. The minimum atomic E-state index is 0.451. The number of aromatic nitrogens is 3. The van der Waals surface area contributed by atoms with E-state index in [4.69, 9.17) is 14.2 Å². The van der Waals surface area contributed by atoms with Crippen LogP contribution >= 0.6 is 0 Å². The van der Waals surface area contributed by atoms with Crippen molar-refractivity contribution in [2.45, 2.75) is 57.8 Å². The highest BCUT2D eigenvalue weighted by molar-refractivity contribution is 5.66. The molecule has 0 amide bonds. The first-order chi connectivity index (χ1) is 16.3. The lowest BCUT2D eigenvalue weighted by atomic mass is 9.85. The van der Waals surface area contributed by atoms with Crippen molar-refractivity contribution in [3.05, 3.63) is 48.0 Å². The van der Waals surface area contributed by atoms with Gasteiger partial charge in [-0.3, -0.25) is 4.90 Å². The summed E-state index contributed by atoms with van der Waals surface area (Å²) in [6, 6.07) is 9.92. The minimum absolute atomic E-state index is 0.451. The van der Waals surface area contributed by atoms with Gasteiger partial charge in [-0.2, -0.15) is 0 Å². The Labute approximate surface area is 195 Å². The summed E-state index contributed by atoms with van der Waals surface area (Å²) in [6.07, 6.45) is 10.5. The van der Waals surface area contributed by atoms with Crippen LogP contribution in [0.2, 0.25) is 0 Å². The van der Waals surface area contributed by atoms with E-state index in [9.17, 15) is 0 Å². The molecule has 0 spiro atoms. The van der Waals surface area contributed by atoms with Crippen molar-refractivity contribution in [2.24, 2.45) is 0 Å². The maximum atomic E-state index is 5.98. The fourth-order valence-corrected chi connectivity index (χ4v) is 5.01. The highest BCUT2D eigenvalue weighted by Crippen LogP contribution is 2.38. The van der Waals surface area contributed by atoms with Crippen LogP contribution in [-0.4, -0.2) is 46.3 Å². The van der Waals surface area contributed by atoms with Gasteiger partial charge in [0, 0.05) is 30.4 Å². The van der Waals surface area contributed by atoms with Crippen LogP contribution in [0, 0.1) is 6.92 Å². The molecule has 7 heteroatoms. The monoisotopic (exact) mass is 447 g/mol. The van der Waals surface area contributed by atoms with E-state index < -0.39 is 0 Å². The molecule has 1 aromatic carbocycles. The molecule has 33 heavy (non-hydrogen) atoms. The standard InChI is InChI=1S/C26H33N5O2/c1-19-24(25(30-33-19)20-8-3-2-4-9-20)23-12-13-27-26(29-23)28-21-10-7-11-22(18-21)32-17-16-31-14-5-6-15-31/h7,10-13,18,20H,2-6,8-9,14-17H2,1H3,(H,27,28,29). The minimum Gasteiger partial charge on any atom is -0.492 e. The number of aryl methyl sites for hydroxylation is 1. The molecule has 0 bridgehead atoms. The molecule has 3 aromatic rings. The third-order valence-corrected chi connectivity index (χ3v) is 6.76. The van der Waals surface area contributed by atoms with Gasteiger partial charge < -0.3 is 14.6 Å². The maximum Gasteiger partial charge on any atom is 0.227 e. The van der Waals surface area contributed by atoms with Gasteiger partial charge in [0.05, 0.1) is 17.0 Å². The molecule has 174 valence electrons. The summed E-state index contributed by atoms with van der Waals surface area (Å²) >= 11 is 0. The molecule has 0 atom stereocenters. The highest BCUT2D eigenvalue weighted by Gasteiger charge is 2.25. The lowest BCUT2D eigenvalue weighted by Gasteiger charge is -2.20. The van der Waals surface area contributed by atoms with Crippen LogP contribution in [0.1, 0.15) is 62.3 Å². The molecular formula is C26H33N5O2. The first-order valence-corrected chi connectivity index (χ1v) is 12.3. The van der Waals surface area contributed by atoms with Crippen molar-refractivity contribution in [3.8, 4) is 17.0 Å². The van der Waals surface area contributed by atoms with Crippen LogP contribution in [0.4, 0.5) is 11.6 Å². The zero-order valence-electron chi connectivity index (χ0n) is 19.4. The number of rotatable bonds is 8. The van der Waals surface area contributed by atoms with Gasteiger partial charge in [0.15, 0.2) is 0 Å². The molecule has 2 aliphatic rings. The topological polar surface area (TPSA) is 76.3 Å². The predicted molar refractivity (Wildman–Crippen MR) is 129 cm³/mol. The molecule has 1 saturated carbocycles. The average Bonchev–Trinajstić information content (AvgIpc) is 3.50. The highest BCUT2D eigenvalue weighted by atomic mass is 16.5. The lowest BCUT2D eigenvalue weighted by Crippen LogP contribution is -2.25. The molecule has 0 radical (unpaired) electrons. The Morgan fingerprint density at radius 3 is 2.79 bits per heavy atom. The third kappa shape index (κ3) is 5.36. The molecule has 2 aromatic heterocycles. The van der Waals surface area contributed by atoms with E-state index in [1.165, 1.54) is 58.0 Å². The predicted octanol–water partition coefficient (Wildman–Crippen LogP) is 5.71. The molecule has 1 N–H and O–H groups in total. The van der Waals surface area contributed by atoms with Crippen molar-refractivity contribution in [2.75, 3.05) is 31.6 Å². The number of ether oxygens (including phenoxy) is 1. The molecular weight excluding hydrogens is 414 g/mol. The molecule has 2 fully saturated rings. The van der Waals surface area contributed by atoms with Crippen LogP contribution in [0.5, 0.6) is 5.75 Å². The van der Waals surface area contributed by atoms with Gasteiger partial charge in [-0.1, -0.05) is 30.5 Å². The zero-order chi connectivity index (χ0) is 22.5. The first kappa shape index (κ1) is 21.9. The summed E-state index contributed by atoms with van der Waals surface area (Å²) in [7, 11) is 0. The Hall–Kier alpha value is -2.93. The molecule has 1 aliphatic carbocycles. The Kier molecular flexibility index (Phi) is 6.86. The summed E-state index contributed by atoms with van der Waals surface area (Å²) in [4.78, 5) is 11.7. The summed E-state index contributed by atoms with van der Waals surface area (Å²) < 4.78 is 11.6. The van der Waals surface area contributed by atoms with Crippen molar-refractivity contribution >= 4 is 11.6 Å². The molecule has 3 heterocycles. The van der Waals surface area contributed by atoms with Crippen molar-refractivity contribution in [1.82, 2.24) is 20.0 Å². The van der Waals surface area contributed by atoms with E-state index in [-0.39, 0.29) is 0 Å². The van der Waals surface area contributed by atoms with E-state index in [2.05, 4.69) is 20.4 Å². The van der Waals surface area contributed by atoms with Crippen molar-refractivity contribution in [3.63, 3.8) is 0 Å². The summed E-state index contributed by atoms with van der Waals surface area (Å²) in [5, 5.41) is 7.76. The van der Waals surface area contributed by atoms with E-state index in [1.807, 2.05) is 37.3 Å². The van der Waals surface area contributed by atoms with Crippen LogP contribution in [0.3, 0.4) is 0 Å². The van der Waals surface area contributed by atoms with Gasteiger partial charge >= 0.3 is 0 Å². The Morgan fingerprint density at radius 2 is 1.94 bits per heavy atom. The fraction of sp³-hybridized carbons (Fsp3) is 0.500. The molecule has 0 unspecified atom stereocenters. The molecule has 5 rings (SSSR count). The molecule has 1 saturated heterocycles. The Bertz CT molecular complexity index is 1050. The second-order valence-corrected chi connectivity index (χ2v) is 9.15. The fourth-order valence-electron chi connectivity index (χ4n) is 5.01. The quantitative estimate of drug-likeness (QED) is 0.474. The van der Waals surface area contributed by atoms with E-state index in [0.29, 0.717) is 18.5 Å². The number of likely N-dealkylation sites (tertiary alicyclic amines) is 1. The molecule has 7 nitrogen and oxygen atoms in total. The normalized spacial score (nSPS) is 17.4. The first-order valence-electron chi connectivity index (χ1n) is 12.3. The SMILES string of the molecule is Cc1onc(C2CCCCC2)c1-c1ccnc(Nc2cccc(OCCN3CCCC3)c2)n1. The number of benzene rings is 1. The average molecular weight is 448 g/mol. The van der Waals surface area contributed by atoms with Crippen LogP contribution < -0.4 is 10.1 Å². The number of hydrogen-bond donors (Lipinski definition) is 1. The van der Waals surface area contributed by atoms with E-state index in [0.717, 1.165) is 40.7 Å².